The molecule has 7 aromatic carbocycles. The third-order valence-corrected chi connectivity index (χ3v) is 19.3. The Bertz CT molecular complexity index is 3070. The summed E-state index contributed by atoms with van der Waals surface area (Å²) in [5.41, 5.74) is 20.4. The summed E-state index contributed by atoms with van der Waals surface area (Å²) < 4.78 is 3.96. The first-order valence-electron chi connectivity index (χ1n) is 23.6. The van der Waals surface area contributed by atoms with Crippen molar-refractivity contribution in [2.75, 3.05) is 0 Å². The first kappa shape index (κ1) is 43.7. The van der Waals surface area contributed by atoms with E-state index in [-0.39, 0.29) is 0 Å². The van der Waals surface area contributed by atoms with Crippen LogP contribution in [0.4, 0.5) is 0 Å². The molecule has 0 heterocycles. The molecule has 1 saturated carbocycles. The second-order valence-corrected chi connectivity index (χ2v) is 21.6. The van der Waals surface area contributed by atoms with Crippen LogP contribution in [0.3, 0.4) is 0 Å². The number of hydrogen-bond donors (Lipinski definition) is 0. The first-order chi connectivity index (χ1) is 32.6. The Labute approximate surface area is 403 Å². The second-order valence-electron chi connectivity index (χ2n) is 17.6. The number of aryl methyl sites for hydroxylation is 4. The molecule has 10 rings (SSSR count). The Balaban J connectivity index is 1.20. The monoisotopic (exact) mass is 1050 g/mol. The van der Waals surface area contributed by atoms with Crippen LogP contribution in [-0.4, -0.2) is 0 Å². The molecule has 0 saturated heterocycles. The molecule has 0 radical (unpaired) electrons. The van der Waals surface area contributed by atoms with Gasteiger partial charge in [0.25, 0.3) is 0 Å². The van der Waals surface area contributed by atoms with Gasteiger partial charge in [-0.3, -0.25) is 0 Å². The minimum atomic E-state index is -2.42. The third kappa shape index (κ3) is 8.32. The van der Waals surface area contributed by atoms with Crippen molar-refractivity contribution in [3.05, 3.63) is 278 Å². The summed E-state index contributed by atoms with van der Waals surface area (Å²) in [5, 5.41) is 5.28. The zero-order valence-electron chi connectivity index (χ0n) is 38.0. The summed E-state index contributed by atoms with van der Waals surface area (Å²) in [6.07, 6.45) is 21.4. The quantitative estimate of drug-likeness (QED) is 0.105. The second kappa shape index (κ2) is 19.7. The van der Waals surface area contributed by atoms with Crippen molar-refractivity contribution in [2.45, 2.75) is 58.8 Å². The summed E-state index contributed by atoms with van der Waals surface area (Å²) in [5.74, 6) is 0. The van der Waals surface area contributed by atoms with Crippen LogP contribution in [0, 0.1) is 4.37 Å². The van der Waals surface area contributed by atoms with E-state index in [4.69, 9.17) is 0 Å². The number of rotatable bonds is 8. The van der Waals surface area contributed by atoms with E-state index in [2.05, 4.69) is 231 Å². The third-order valence-electron chi connectivity index (χ3n) is 13.9. The standard InChI is InChI=1S/C64H55P.Os/c1-4-20-47-34-41-61-54(43-47)39-37-50-21-15-17-31-59(50)63(61)64-60-32-18-16-22-51(60)38-40-55-44-48(35-42-62(55)64)33-36-52(45-53-24-19-23-49(53)5-2)46(3)65(56-25-9-6-10-26-56,57-27-11-7-12-28-57)58-29-13-8-14-30-58;/h4-18,20-22,25-36,41-45H,19,23-24,37-40H2,1-2H3;/q+1;/b20-4+,36-33+,49-5?,52-46?,53-45?,64-63+;. The van der Waals surface area contributed by atoms with E-state index in [1.54, 1.807) is 0 Å². The van der Waals surface area contributed by atoms with Crippen molar-refractivity contribution in [1.29, 1.82) is 0 Å². The molecule has 66 heavy (non-hydrogen) atoms. The molecule has 7 aromatic rings. The van der Waals surface area contributed by atoms with Gasteiger partial charge in [-0.2, -0.15) is 0 Å². The molecule has 0 atom stereocenters. The van der Waals surface area contributed by atoms with Gasteiger partial charge in [0.2, 0.25) is 0 Å². The Morgan fingerprint density at radius 1 is 0.470 bits per heavy atom. The molecule has 3 aliphatic carbocycles. The van der Waals surface area contributed by atoms with Crippen LogP contribution in [0.15, 0.2) is 222 Å². The first-order valence-corrected chi connectivity index (χ1v) is 26.7. The SMILES string of the molecule is CC=C1CCCC1=CC(/C=C/c1ccc2c(c1)CCc1ccccc1/C2=C1/c2ccccc2CCc2cc(/C=C/C)ccc21)=C([C]#[Os])[P+](c1ccccc1)(c1ccccc1)c1ccccc1. The molecule has 0 nitrogen and oxygen atoms in total. The number of allylic oxidation sites excluding steroid dienone is 8. The van der Waals surface area contributed by atoms with Crippen molar-refractivity contribution < 1.29 is 17.9 Å². The van der Waals surface area contributed by atoms with Crippen LogP contribution in [0.2, 0.25) is 0 Å². The molecule has 1 fully saturated rings. The van der Waals surface area contributed by atoms with Crippen molar-refractivity contribution in [1.82, 2.24) is 0 Å². The van der Waals surface area contributed by atoms with E-state index >= 15 is 0 Å². The Morgan fingerprint density at radius 2 is 0.909 bits per heavy atom. The van der Waals surface area contributed by atoms with Gasteiger partial charge < -0.3 is 0 Å². The number of hydrogen-bond acceptors (Lipinski definition) is 0. The van der Waals surface area contributed by atoms with E-state index in [0.717, 1.165) is 38.5 Å². The normalized spacial score (nSPS) is 17.4. The van der Waals surface area contributed by atoms with Crippen LogP contribution in [0.25, 0.3) is 23.3 Å². The van der Waals surface area contributed by atoms with E-state index in [9.17, 15) is 0 Å². The Kier molecular flexibility index (Phi) is 13.1. The number of fused-ring (bicyclic) bond motifs is 4. The van der Waals surface area contributed by atoms with Crippen molar-refractivity contribution in [3.63, 3.8) is 0 Å². The van der Waals surface area contributed by atoms with Crippen LogP contribution < -0.4 is 15.9 Å². The van der Waals surface area contributed by atoms with Crippen LogP contribution in [0.5, 0.6) is 0 Å². The summed E-state index contributed by atoms with van der Waals surface area (Å²) >= 11 is 1.87. The molecule has 0 aliphatic heterocycles. The van der Waals surface area contributed by atoms with Crippen molar-refractivity contribution >= 4 is 46.5 Å². The maximum atomic E-state index is 3.96. The van der Waals surface area contributed by atoms with Gasteiger partial charge in [-0.1, -0.05) is 66.7 Å². The fourth-order valence-corrected chi connectivity index (χ4v) is 16.6. The predicted molar refractivity (Wildman–Crippen MR) is 281 cm³/mol. The van der Waals surface area contributed by atoms with Gasteiger partial charge in [0.05, 0.1) is 0 Å². The molecule has 0 unspecified atom stereocenters. The molecule has 3 aliphatic rings. The zero-order chi connectivity index (χ0) is 44.9. The van der Waals surface area contributed by atoms with E-state index in [1.807, 2.05) is 17.9 Å². The van der Waals surface area contributed by atoms with Crippen molar-refractivity contribution in [3.8, 4) is 4.37 Å². The summed E-state index contributed by atoms with van der Waals surface area (Å²) in [7, 11) is -2.42. The van der Waals surface area contributed by atoms with Crippen LogP contribution in [-0.2, 0) is 43.6 Å². The van der Waals surface area contributed by atoms with Crippen LogP contribution in [0.1, 0.15) is 88.7 Å². The van der Waals surface area contributed by atoms with E-state index in [1.165, 1.54) is 111 Å². The Hall–Kier alpha value is -6.17. The molecule has 2 heteroatoms. The molecule has 323 valence electrons. The van der Waals surface area contributed by atoms with E-state index < -0.39 is 7.26 Å². The van der Waals surface area contributed by atoms with Gasteiger partial charge >= 0.3 is 302 Å². The average Bonchev–Trinajstić information content (AvgIpc) is 3.69. The maximum absolute atomic E-state index is 3.96. The summed E-state index contributed by atoms with van der Waals surface area (Å²) in [4.78, 5) is 0. The van der Waals surface area contributed by atoms with Gasteiger partial charge in [-0.25, -0.2) is 0 Å². The molecule has 0 spiro atoms. The number of benzene rings is 7. The summed E-state index contributed by atoms with van der Waals surface area (Å²) in [6, 6.07) is 66.5. The van der Waals surface area contributed by atoms with Gasteiger partial charge in [0.15, 0.2) is 0 Å². The van der Waals surface area contributed by atoms with Crippen molar-refractivity contribution in [2.24, 2.45) is 0 Å². The van der Waals surface area contributed by atoms with Gasteiger partial charge in [-0.15, -0.1) is 0 Å². The summed E-state index contributed by atoms with van der Waals surface area (Å²) in [6.45, 7) is 4.31. The molecule has 0 bridgehead atoms. The van der Waals surface area contributed by atoms with E-state index in [0.29, 0.717) is 0 Å². The zero-order valence-corrected chi connectivity index (χ0v) is 41.4. The minimum absolute atomic E-state index is 0.977. The van der Waals surface area contributed by atoms with Gasteiger partial charge in [0, 0.05) is 0 Å². The molecular formula is C64H55OsP+. The Morgan fingerprint density at radius 3 is 1.39 bits per heavy atom. The topological polar surface area (TPSA) is 0 Å². The van der Waals surface area contributed by atoms with Gasteiger partial charge in [0.1, 0.15) is 0 Å². The molecule has 0 N–H and O–H groups in total. The van der Waals surface area contributed by atoms with Gasteiger partial charge in [-0.05, 0) is 36.5 Å². The molecular weight excluding hydrogens is 990 g/mol. The molecule has 0 aromatic heterocycles. The predicted octanol–water partition coefficient (Wildman–Crippen LogP) is 14.7. The average molecular weight is 1050 g/mol. The van der Waals surface area contributed by atoms with Crippen LogP contribution >= 0.6 is 7.26 Å². The molecule has 0 amide bonds. The fraction of sp³-hybridized carbons (Fsp3) is 0.141. The fourth-order valence-electron chi connectivity index (χ4n) is 10.8.